The number of imidazole rings is 1. The molecule has 2 aromatic rings. The molecular weight excluding hydrogens is 486 g/mol. The van der Waals surface area contributed by atoms with Crippen molar-refractivity contribution in [2.24, 2.45) is 4.99 Å². The van der Waals surface area contributed by atoms with E-state index in [0.717, 1.165) is 50.7 Å². The average Bonchev–Trinajstić information content (AvgIpc) is 3.21. The molecular formula is C20H32FIN6O. The Morgan fingerprint density at radius 3 is 2.79 bits per heavy atom. The second-order valence-electron chi connectivity index (χ2n) is 6.53. The molecule has 0 aliphatic rings. The number of hydrogen-bond donors (Lipinski definition) is 2. The average molecular weight is 518 g/mol. The summed E-state index contributed by atoms with van der Waals surface area (Å²) in [5, 5.41) is 6.54. The lowest BCUT2D eigenvalue weighted by molar-refractivity contribution is 0.180. The van der Waals surface area contributed by atoms with Crippen LogP contribution in [0.5, 0.6) is 0 Å². The maximum Gasteiger partial charge on any atom is 0.191 e. The van der Waals surface area contributed by atoms with Crippen LogP contribution in [0, 0.1) is 5.82 Å². The number of benzene rings is 1. The molecule has 1 aromatic carbocycles. The maximum atomic E-state index is 14.4. The van der Waals surface area contributed by atoms with E-state index >= 15 is 0 Å². The summed E-state index contributed by atoms with van der Waals surface area (Å²) < 4.78 is 21.1. The van der Waals surface area contributed by atoms with E-state index in [2.05, 4.69) is 32.6 Å². The summed E-state index contributed by atoms with van der Waals surface area (Å²) in [4.78, 5) is 10.8. The molecule has 162 valence electrons. The molecule has 0 atom stereocenters. The Balaban J connectivity index is 0.00000420. The van der Waals surface area contributed by atoms with E-state index in [1.807, 2.05) is 13.0 Å². The third kappa shape index (κ3) is 9.09. The zero-order chi connectivity index (χ0) is 20.2. The monoisotopic (exact) mass is 518 g/mol. The van der Waals surface area contributed by atoms with Gasteiger partial charge in [0.1, 0.15) is 5.82 Å². The molecule has 0 saturated heterocycles. The molecule has 0 fully saturated rings. The van der Waals surface area contributed by atoms with Gasteiger partial charge < -0.3 is 24.8 Å². The number of aliphatic imine (C=N–C) groups is 1. The molecule has 29 heavy (non-hydrogen) atoms. The third-order valence-electron chi connectivity index (χ3n) is 4.23. The van der Waals surface area contributed by atoms with Gasteiger partial charge in [0.15, 0.2) is 5.96 Å². The van der Waals surface area contributed by atoms with Crippen molar-refractivity contribution in [1.29, 1.82) is 0 Å². The first-order chi connectivity index (χ1) is 13.6. The van der Waals surface area contributed by atoms with Crippen LogP contribution in [0.4, 0.5) is 4.39 Å². The molecule has 0 aliphatic heterocycles. The summed E-state index contributed by atoms with van der Waals surface area (Å²) in [6.45, 7) is 6.65. The van der Waals surface area contributed by atoms with E-state index in [1.54, 1.807) is 36.5 Å². The number of hydrogen-bond acceptors (Lipinski definition) is 4. The van der Waals surface area contributed by atoms with E-state index in [-0.39, 0.29) is 29.8 Å². The number of likely N-dealkylation sites (N-methyl/N-ethyl adjacent to an activating group) is 1. The molecule has 0 spiro atoms. The zero-order valence-corrected chi connectivity index (χ0v) is 19.7. The van der Waals surface area contributed by atoms with E-state index < -0.39 is 0 Å². The van der Waals surface area contributed by atoms with Crippen molar-refractivity contribution in [3.63, 3.8) is 0 Å². The molecule has 0 radical (unpaired) electrons. The lowest BCUT2D eigenvalue weighted by atomic mass is 10.2. The Hall–Kier alpha value is -1.72. The molecule has 1 heterocycles. The van der Waals surface area contributed by atoms with Crippen LogP contribution < -0.4 is 10.6 Å². The van der Waals surface area contributed by atoms with Crippen molar-refractivity contribution in [1.82, 2.24) is 25.1 Å². The highest BCUT2D eigenvalue weighted by atomic mass is 127. The van der Waals surface area contributed by atoms with Gasteiger partial charge in [-0.05, 0) is 38.1 Å². The zero-order valence-electron chi connectivity index (χ0n) is 17.4. The molecule has 0 saturated carbocycles. The molecule has 0 bridgehead atoms. The van der Waals surface area contributed by atoms with Crippen LogP contribution in [0.25, 0.3) is 5.69 Å². The first-order valence-corrected chi connectivity index (χ1v) is 9.60. The van der Waals surface area contributed by atoms with Crippen LogP contribution >= 0.6 is 24.0 Å². The number of aromatic nitrogens is 2. The number of nitrogens with zero attached hydrogens (tertiary/aromatic N) is 4. The molecule has 2 N–H and O–H groups in total. The Kier molecular flexibility index (Phi) is 12.5. The highest BCUT2D eigenvalue weighted by molar-refractivity contribution is 14.0. The first-order valence-electron chi connectivity index (χ1n) is 9.60. The summed E-state index contributed by atoms with van der Waals surface area (Å²) in [6, 6.07) is 5.15. The minimum Gasteiger partial charge on any atom is -0.385 e. The normalized spacial score (nSPS) is 11.4. The van der Waals surface area contributed by atoms with Crippen molar-refractivity contribution in [2.75, 3.05) is 46.9 Å². The molecule has 0 amide bonds. The fourth-order valence-electron chi connectivity index (χ4n) is 2.73. The summed E-state index contributed by atoms with van der Waals surface area (Å²) in [6.07, 6.45) is 5.94. The van der Waals surface area contributed by atoms with Crippen LogP contribution in [0.3, 0.4) is 0 Å². The lowest BCUT2D eigenvalue weighted by Gasteiger charge is -2.18. The lowest BCUT2D eigenvalue weighted by Crippen LogP contribution is -2.41. The number of guanidine groups is 1. The number of rotatable bonds is 11. The SMILES string of the molecule is CCNC(=NCc1ccc(-n2ccnc2)c(F)c1)NCCN(C)CCCOC.I. The van der Waals surface area contributed by atoms with Crippen molar-refractivity contribution in [3.8, 4) is 5.69 Å². The molecule has 2 rings (SSSR count). The van der Waals surface area contributed by atoms with E-state index in [0.29, 0.717) is 12.2 Å². The van der Waals surface area contributed by atoms with Gasteiger partial charge in [0.2, 0.25) is 0 Å². The maximum absolute atomic E-state index is 14.4. The smallest absolute Gasteiger partial charge is 0.191 e. The van der Waals surface area contributed by atoms with Crippen LogP contribution in [-0.2, 0) is 11.3 Å². The summed E-state index contributed by atoms with van der Waals surface area (Å²) in [5.41, 5.74) is 1.29. The van der Waals surface area contributed by atoms with Crippen molar-refractivity contribution in [2.45, 2.75) is 19.9 Å². The predicted molar refractivity (Wildman–Crippen MR) is 126 cm³/mol. The first kappa shape index (κ1) is 25.3. The van der Waals surface area contributed by atoms with Gasteiger partial charge in [-0.15, -0.1) is 24.0 Å². The van der Waals surface area contributed by atoms with Crippen LogP contribution in [0.15, 0.2) is 41.9 Å². The van der Waals surface area contributed by atoms with Gasteiger partial charge in [-0.1, -0.05) is 6.07 Å². The number of halogens is 2. The highest BCUT2D eigenvalue weighted by Gasteiger charge is 2.06. The second-order valence-corrected chi connectivity index (χ2v) is 6.53. The summed E-state index contributed by atoms with van der Waals surface area (Å²) >= 11 is 0. The van der Waals surface area contributed by atoms with Crippen molar-refractivity contribution in [3.05, 3.63) is 48.3 Å². The van der Waals surface area contributed by atoms with E-state index in [4.69, 9.17) is 4.74 Å². The van der Waals surface area contributed by atoms with Gasteiger partial charge in [0, 0.05) is 52.3 Å². The van der Waals surface area contributed by atoms with Gasteiger partial charge in [-0.2, -0.15) is 0 Å². The fourth-order valence-corrected chi connectivity index (χ4v) is 2.73. The minimum atomic E-state index is -0.290. The van der Waals surface area contributed by atoms with Gasteiger partial charge in [0.05, 0.1) is 18.6 Å². The topological polar surface area (TPSA) is 66.7 Å². The summed E-state index contributed by atoms with van der Waals surface area (Å²) in [5.74, 6) is 0.438. The van der Waals surface area contributed by atoms with E-state index in [1.165, 1.54) is 6.07 Å². The quantitative estimate of drug-likeness (QED) is 0.207. The van der Waals surface area contributed by atoms with Gasteiger partial charge in [-0.3, -0.25) is 0 Å². The number of methoxy groups -OCH3 is 1. The Bertz CT molecular complexity index is 726. The van der Waals surface area contributed by atoms with Crippen molar-refractivity contribution < 1.29 is 9.13 Å². The van der Waals surface area contributed by atoms with Crippen LogP contribution in [0.1, 0.15) is 18.9 Å². The fraction of sp³-hybridized carbons (Fsp3) is 0.500. The molecule has 7 nitrogen and oxygen atoms in total. The van der Waals surface area contributed by atoms with Crippen molar-refractivity contribution >= 4 is 29.9 Å². The minimum absolute atomic E-state index is 0. The van der Waals surface area contributed by atoms with Crippen LogP contribution in [0.2, 0.25) is 0 Å². The summed E-state index contributed by atoms with van der Waals surface area (Å²) in [7, 11) is 3.81. The largest absolute Gasteiger partial charge is 0.385 e. The van der Waals surface area contributed by atoms with Gasteiger partial charge >= 0.3 is 0 Å². The molecule has 9 heteroatoms. The predicted octanol–water partition coefficient (Wildman–Crippen LogP) is 2.65. The highest BCUT2D eigenvalue weighted by Crippen LogP contribution is 2.15. The number of ether oxygens (including phenoxy) is 1. The Morgan fingerprint density at radius 1 is 1.31 bits per heavy atom. The molecule has 0 unspecified atom stereocenters. The Morgan fingerprint density at radius 2 is 2.14 bits per heavy atom. The molecule has 0 aliphatic carbocycles. The van der Waals surface area contributed by atoms with Gasteiger partial charge in [0.25, 0.3) is 0 Å². The Labute approximate surface area is 189 Å². The van der Waals surface area contributed by atoms with Crippen LogP contribution in [-0.4, -0.2) is 67.4 Å². The van der Waals surface area contributed by atoms with Gasteiger partial charge in [-0.25, -0.2) is 14.4 Å². The standard InChI is InChI=1S/C20H31FN6O.HI/c1-4-23-20(24-9-11-26(2)10-5-13-28-3)25-15-17-6-7-19(18(21)14-17)27-12-8-22-16-27;/h6-8,12,14,16H,4-5,9-11,13,15H2,1-3H3,(H2,23,24,25);1H. The second kappa shape index (κ2) is 14.3. The third-order valence-corrected chi connectivity index (χ3v) is 4.23. The number of nitrogens with one attached hydrogen (secondary N) is 2. The van der Waals surface area contributed by atoms with E-state index in [9.17, 15) is 4.39 Å². The molecule has 1 aromatic heterocycles.